The van der Waals surface area contributed by atoms with Crippen molar-refractivity contribution in [1.29, 1.82) is 0 Å². The van der Waals surface area contributed by atoms with E-state index in [1.807, 2.05) is 24.3 Å². The maximum atomic E-state index is 13.5. The molecule has 6 nitrogen and oxygen atoms in total. The van der Waals surface area contributed by atoms with Crippen molar-refractivity contribution in [3.63, 3.8) is 0 Å². The molecule has 0 aromatic heterocycles. The van der Waals surface area contributed by atoms with Crippen molar-refractivity contribution in [2.24, 2.45) is 11.8 Å². The molecule has 3 fully saturated rings. The van der Waals surface area contributed by atoms with Crippen molar-refractivity contribution in [3.8, 4) is 0 Å². The summed E-state index contributed by atoms with van der Waals surface area (Å²) < 4.78 is 0. The number of piperidine rings is 1. The van der Waals surface area contributed by atoms with E-state index >= 15 is 0 Å². The number of fused-ring (bicyclic) bond motifs is 1. The second-order valence-corrected chi connectivity index (χ2v) is 9.70. The van der Waals surface area contributed by atoms with Crippen LogP contribution in [0.3, 0.4) is 0 Å². The van der Waals surface area contributed by atoms with E-state index in [1.165, 1.54) is 37.1 Å². The number of benzene rings is 2. The Morgan fingerprint density at radius 1 is 0.970 bits per heavy atom. The second-order valence-electron chi connectivity index (χ2n) is 9.70. The van der Waals surface area contributed by atoms with Crippen LogP contribution in [-0.4, -0.2) is 78.0 Å². The molecule has 3 heterocycles. The number of hydrogen-bond acceptors (Lipinski definition) is 4. The molecule has 1 amide bonds. The Bertz CT molecular complexity index is 925. The summed E-state index contributed by atoms with van der Waals surface area (Å²) in [5, 5.41) is 6.89. The lowest BCUT2D eigenvalue weighted by Crippen LogP contribution is -2.44. The van der Waals surface area contributed by atoms with Gasteiger partial charge < -0.3 is 14.9 Å². The van der Waals surface area contributed by atoms with Crippen LogP contribution in [0.25, 0.3) is 0 Å². The number of rotatable bonds is 3. The van der Waals surface area contributed by atoms with Gasteiger partial charge in [0.15, 0.2) is 0 Å². The van der Waals surface area contributed by atoms with Gasteiger partial charge in [0.1, 0.15) is 0 Å². The van der Waals surface area contributed by atoms with Gasteiger partial charge in [0, 0.05) is 37.2 Å². The Hall–Kier alpha value is -2.70. The van der Waals surface area contributed by atoms with Gasteiger partial charge in [-0.05, 0) is 63.5 Å². The molecular weight excluding hydrogens is 414 g/mol. The van der Waals surface area contributed by atoms with Gasteiger partial charge in [0.25, 0.3) is 12.4 Å². The van der Waals surface area contributed by atoms with Crippen molar-refractivity contribution in [1.82, 2.24) is 14.7 Å². The summed E-state index contributed by atoms with van der Waals surface area (Å²) >= 11 is 0. The number of likely N-dealkylation sites (tertiary alicyclic amines) is 3. The molecule has 3 aliphatic heterocycles. The van der Waals surface area contributed by atoms with E-state index < -0.39 is 0 Å². The highest BCUT2D eigenvalue weighted by atomic mass is 16.3. The number of nitrogens with zero attached hydrogens (tertiary/aromatic N) is 3. The average molecular weight is 450 g/mol. The lowest BCUT2D eigenvalue weighted by molar-refractivity contribution is -0.122. The first-order chi connectivity index (χ1) is 16.0. The number of carbonyl (C=O) groups excluding carboxylic acids is 1. The van der Waals surface area contributed by atoms with Gasteiger partial charge in [-0.1, -0.05) is 48.0 Å². The van der Waals surface area contributed by atoms with Crippen LogP contribution in [0.1, 0.15) is 40.4 Å². The molecule has 0 aliphatic carbocycles. The quantitative estimate of drug-likeness (QED) is 0.727. The number of amides is 1. The molecule has 3 atom stereocenters. The SMILES string of the molecule is Cc1ccc(C(=O)N2C[C@@H]3CN(C4CCN(C)CC4)C[C@@H]3[C@H]2c2ccccc2)cc1.O=CO. The van der Waals surface area contributed by atoms with Crippen molar-refractivity contribution in [2.75, 3.05) is 39.8 Å². The molecular formula is C27H35N3O3. The number of carbonyl (C=O) groups is 2. The number of hydrogen-bond donors (Lipinski definition) is 1. The van der Waals surface area contributed by atoms with E-state index in [-0.39, 0.29) is 18.4 Å². The molecule has 0 saturated carbocycles. The summed E-state index contributed by atoms with van der Waals surface area (Å²) in [6.07, 6.45) is 2.55. The molecule has 5 rings (SSSR count). The number of aryl methyl sites for hydroxylation is 1. The Labute approximate surface area is 196 Å². The van der Waals surface area contributed by atoms with Crippen molar-refractivity contribution in [3.05, 3.63) is 71.3 Å². The van der Waals surface area contributed by atoms with Gasteiger partial charge in [-0.2, -0.15) is 0 Å². The third kappa shape index (κ3) is 5.12. The predicted octanol–water partition coefficient (Wildman–Crippen LogP) is 3.54. The van der Waals surface area contributed by atoms with Crippen molar-refractivity contribution < 1.29 is 14.7 Å². The van der Waals surface area contributed by atoms with E-state index in [4.69, 9.17) is 9.90 Å². The van der Waals surface area contributed by atoms with Crippen LogP contribution in [-0.2, 0) is 4.79 Å². The van der Waals surface area contributed by atoms with Gasteiger partial charge in [-0.3, -0.25) is 14.5 Å². The highest BCUT2D eigenvalue weighted by Gasteiger charge is 2.50. The van der Waals surface area contributed by atoms with E-state index in [2.05, 4.69) is 59.0 Å². The third-order valence-electron chi connectivity index (χ3n) is 7.60. The fraction of sp³-hybridized carbons (Fsp3) is 0.481. The zero-order chi connectivity index (χ0) is 23.4. The molecule has 0 spiro atoms. The summed E-state index contributed by atoms with van der Waals surface area (Å²) in [6.45, 7) is 7.36. The largest absolute Gasteiger partial charge is 0.483 e. The highest BCUT2D eigenvalue weighted by Crippen LogP contribution is 2.46. The molecule has 3 aliphatic rings. The van der Waals surface area contributed by atoms with Crippen LogP contribution < -0.4 is 0 Å². The molecule has 6 heteroatoms. The second kappa shape index (κ2) is 10.5. The first-order valence-corrected chi connectivity index (χ1v) is 11.9. The van der Waals surface area contributed by atoms with E-state index in [0.717, 1.165) is 25.2 Å². The normalized spacial score (nSPS) is 25.9. The van der Waals surface area contributed by atoms with E-state index in [9.17, 15) is 4.79 Å². The predicted molar refractivity (Wildman–Crippen MR) is 129 cm³/mol. The fourth-order valence-electron chi connectivity index (χ4n) is 5.89. The monoisotopic (exact) mass is 449 g/mol. The molecule has 0 unspecified atom stereocenters. The van der Waals surface area contributed by atoms with Gasteiger partial charge in [-0.25, -0.2) is 0 Å². The molecule has 3 saturated heterocycles. The maximum absolute atomic E-state index is 13.5. The topological polar surface area (TPSA) is 64.1 Å². The summed E-state index contributed by atoms with van der Waals surface area (Å²) in [5.41, 5.74) is 3.29. The lowest BCUT2D eigenvalue weighted by Gasteiger charge is -2.37. The summed E-state index contributed by atoms with van der Waals surface area (Å²) in [4.78, 5) is 29.2. The molecule has 0 radical (unpaired) electrons. The molecule has 176 valence electrons. The molecule has 0 bridgehead atoms. The van der Waals surface area contributed by atoms with Crippen LogP contribution in [0.5, 0.6) is 0 Å². The van der Waals surface area contributed by atoms with Crippen LogP contribution in [0, 0.1) is 18.8 Å². The summed E-state index contributed by atoms with van der Waals surface area (Å²) in [5.74, 6) is 1.29. The highest BCUT2D eigenvalue weighted by molar-refractivity contribution is 5.94. The lowest BCUT2D eigenvalue weighted by atomic mass is 9.89. The zero-order valence-electron chi connectivity index (χ0n) is 19.6. The zero-order valence-corrected chi connectivity index (χ0v) is 19.6. The summed E-state index contributed by atoms with van der Waals surface area (Å²) in [6, 6.07) is 19.7. The van der Waals surface area contributed by atoms with Crippen molar-refractivity contribution >= 4 is 12.4 Å². The van der Waals surface area contributed by atoms with E-state index in [1.54, 1.807) is 0 Å². The van der Waals surface area contributed by atoms with Gasteiger partial charge in [0.2, 0.25) is 0 Å². The van der Waals surface area contributed by atoms with Crippen LogP contribution in [0.4, 0.5) is 0 Å². The minimum Gasteiger partial charge on any atom is -0.483 e. The smallest absolute Gasteiger partial charge is 0.290 e. The summed E-state index contributed by atoms with van der Waals surface area (Å²) in [7, 11) is 2.23. The van der Waals surface area contributed by atoms with Crippen LogP contribution in [0.2, 0.25) is 0 Å². The Kier molecular flexibility index (Phi) is 7.46. The third-order valence-corrected chi connectivity index (χ3v) is 7.60. The van der Waals surface area contributed by atoms with E-state index in [0.29, 0.717) is 17.9 Å². The first kappa shape index (κ1) is 23.5. The van der Waals surface area contributed by atoms with Gasteiger partial charge in [-0.15, -0.1) is 0 Å². The molecule has 2 aromatic carbocycles. The molecule has 33 heavy (non-hydrogen) atoms. The minimum absolute atomic E-state index is 0.182. The van der Waals surface area contributed by atoms with Crippen LogP contribution in [0.15, 0.2) is 54.6 Å². The van der Waals surface area contributed by atoms with Crippen molar-refractivity contribution in [2.45, 2.75) is 31.8 Å². The minimum atomic E-state index is -0.250. The van der Waals surface area contributed by atoms with Gasteiger partial charge >= 0.3 is 0 Å². The molecule has 1 N–H and O–H groups in total. The van der Waals surface area contributed by atoms with Gasteiger partial charge in [0.05, 0.1) is 6.04 Å². The Morgan fingerprint density at radius 3 is 2.24 bits per heavy atom. The van der Waals surface area contributed by atoms with Crippen LogP contribution >= 0.6 is 0 Å². The first-order valence-electron chi connectivity index (χ1n) is 11.9. The maximum Gasteiger partial charge on any atom is 0.290 e. The Balaban J connectivity index is 0.000000821. The molecule has 2 aromatic rings. The standard InChI is InChI=1S/C26H33N3O.CH2O2/c1-19-8-10-21(11-9-19)26(30)29-17-22-16-28(23-12-14-27(2)15-13-23)18-24(22)25(29)20-6-4-3-5-7-20;2-1-3/h3-11,22-25H,12-18H2,1-2H3;1H,(H,2,3)/t22-,24-,25+;/m0./s1. The fourth-order valence-corrected chi connectivity index (χ4v) is 5.89. The average Bonchev–Trinajstić information content (AvgIpc) is 3.39. The number of carboxylic acid groups (broad SMARTS) is 1. The Morgan fingerprint density at radius 2 is 1.61 bits per heavy atom.